The SMILES string of the molecule is CSc1ccccc1Oc1cc(Br)ccc1C(C)=O. The van der Waals surface area contributed by atoms with Gasteiger partial charge in [-0.3, -0.25) is 4.79 Å². The van der Waals surface area contributed by atoms with E-state index in [0.29, 0.717) is 11.3 Å². The number of ketones is 1. The summed E-state index contributed by atoms with van der Waals surface area (Å²) in [5.74, 6) is 1.32. The van der Waals surface area contributed by atoms with Crippen LogP contribution < -0.4 is 4.74 Å². The van der Waals surface area contributed by atoms with Crippen LogP contribution >= 0.6 is 27.7 Å². The quantitative estimate of drug-likeness (QED) is 0.569. The number of hydrogen-bond acceptors (Lipinski definition) is 3. The molecule has 0 fully saturated rings. The lowest BCUT2D eigenvalue weighted by atomic mass is 10.1. The van der Waals surface area contributed by atoms with Crippen LogP contribution in [0.3, 0.4) is 0 Å². The number of thioether (sulfide) groups is 1. The largest absolute Gasteiger partial charge is 0.455 e. The van der Waals surface area contributed by atoms with Crippen molar-refractivity contribution in [3.63, 3.8) is 0 Å². The minimum Gasteiger partial charge on any atom is -0.455 e. The van der Waals surface area contributed by atoms with Crippen LogP contribution in [0.4, 0.5) is 0 Å². The second-order valence-electron chi connectivity index (χ2n) is 3.95. The van der Waals surface area contributed by atoms with Crippen LogP contribution in [0.5, 0.6) is 11.5 Å². The van der Waals surface area contributed by atoms with Crippen LogP contribution in [0.25, 0.3) is 0 Å². The van der Waals surface area contributed by atoms with Crippen molar-refractivity contribution in [1.29, 1.82) is 0 Å². The highest BCUT2D eigenvalue weighted by Gasteiger charge is 2.11. The molecular formula is C15H13BrO2S. The van der Waals surface area contributed by atoms with Gasteiger partial charge in [0.15, 0.2) is 5.78 Å². The first-order valence-corrected chi connectivity index (χ1v) is 7.75. The molecule has 2 rings (SSSR count). The van der Waals surface area contributed by atoms with E-state index < -0.39 is 0 Å². The van der Waals surface area contributed by atoms with Crippen LogP contribution in [0.1, 0.15) is 17.3 Å². The molecule has 0 N–H and O–H groups in total. The summed E-state index contributed by atoms with van der Waals surface area (Å²) in [6, 6.07) is 13.2. The summed E-state index contributed by atoms with van der Waals surface area (Å²) in [4.78, 5) is 12.7. The Morgan fingerprint density at radius 2 is 1.89 bits per heavy atom. The van der Waals surface area contributed by atoms with Crippen molar-refractivity contribution in [1.82, 2.24) is 0 Å². The average Bonchev–Trinajstić information content (AvgIpc) is 2.39. The monoisotopic (exact) mass is 336 g/mol. The fourth-order valence-electron chi connectivity index (χ4n) is 1.69. The molecule has 98 valence electrons. The van der Waals surface area contributed by atoms with Gasteiger partial charge in [-0.1, -0.05) is 28.1 Å². The Balaban J connectivity index is 2.42. The molecule has 0 spiro atoms. The molecular weight excluding hydrogens is 324 g/mol. The van der Waals surface area contributed by atoms with E-state index in [1.165, 1.54) is 6.92 Å². The summed E-state index contributed by atoms with van der Waals surface area (Å²) in [7, 11) is 0. The van der Waals surface area contributed by atoms with Gasteiger partial charge in [-0.15, -0.1) is 11.8 Å². The predicted molar refractivity (Wildman–Crippen MR) is 82.4 cm³/mol. The molecule has 0 atom stereocenters. The molecule has 0 aliphatic rings. The van der Waals surface area contributed by atoms with Gasteiger partial charge in [0.1, 0.15) is 11.5 Å². The summed E-state index contributed by atoms with van der Waals surface area (Å²) in [6.45, 7) is 1.54. The Morgan fingerprint density at radius 3 is 2.58 bits per heavy atom. The van der Waals surface area contributed by atoms with E-state index in [1.54, 1.807) is 17.8 Å². The van der Waals surface area contributed by atoms with Gasteiger partial charge in [-0.2, -0.15) is 0 Å². The Hall–Kier alpha value is -1.26. The number of para-hydroxylation sites is 1. The first kappa shape index (κ1) is 14.2. The Bertz CT molecular complexity index is 611. The van der Waals surface area contributed by atoms with E-state index in [0.717, 1.165) is 15.1 Å². The molecule has 0 saturated carbocycles. The van der Waals surface area contributed by atoms with Gasteiger partial charge >= 0.3 is 0 Å². The van der Waals surface area contributed by atoms with Crippen LogP contribution in [0.15, 0.2) is 51.8 Å². The number of Topliss-reactive ketones (excluding diaryl/α,β-unsaturated/α-hetero) is 1. The van der Waals surface area contributed by atoms with Crippen molar-refractivity contribution in [2.75, 3.05) is 6.26 Å². The topological polar surface area (TPSA) is 26.3 Å². The molecule has 19 heavy (non-hydrogen) atoms. The van der Waals surface area contributed by atoms with E-state index >= 15 is 0 Å². The lowest BCUT2D eigenvalue weighted by Gasteiger charge is -2.12. The van der Waals surface area contributed by atoms with Crippen molar-refractivity contribution in [3.05, 3.63) is 52.5 Å². The molecule has 0 bridgehead atoms. The lowest BCUT2D eigenvalue weighted by Crippen LogP contribution is -1.97. The third-order valence-electron chi connectivity index (χ3n) is 2.61. The van der Waals surface area contributed by atoms with Crippen molar-refractivity contribution >= 4 is 33.5 Å². The molecule has 0 heterocycles. The minimum atomic E-state index is -0.0101. The minimum absolute atomic E-state index is 0.0101. The molecule has 0 aliphatic carbocycles. The second-order valence-corrected chi connectivity index (χ2v) is 5.71. The number of carbonyl (C=O) groups is 1. The Morgan fingerprint density at radius 1 is 1.16 bits per heavy atom. The maximum atomic E-state index is 11.6. The molecule has 4 heteroatoms. The number of halogens is 1. The highest BCUT2D eigenvalue weighted by molar-refractivity contribution is 9.10. The zero-order chi connectivity index (χ0) is 13.8. The molecule has 0 unspecified atom stereocenters. The van der Waals surface area contributed by atoms with E-state index in [-0.39, 0.29) is 5.78 Å². The fourth-order valence-corrected chi connectivity index (χ4v) is 2.56. The summed E-state index contributed by atoms with van der Waals surface area (Å²) in [5.41, 5.74) is 0.583. The van der Waals surface area contributed by atoms with E-state index in [4.69, 9.17) is 4.74 Å². The van der Waals surface area contributed by atoms with Crippen molar-refractivity contribution in [3.8, 4) is 11.5 Å². The maximum Gasteiger partial charge on any atom is 0.163 e. The molecule has 2 aromatic carbocycles. The van der Waals surface area contributed by atoms with Crippen LogP contribution in [0.2, 0.25) is 0 Å². The van der Waals surface area contributed by atoms with Gasteiger partial charge < -0.3 is 4.74 Å². The lowest BCUT2D eigenvalue weighted by molar-refractivity contribution is 0.101. The van der Waals surface area contributed by atoms with Gasteiger partial charge in [-0.25, -0.2) is 0 Å². The maximum absolute atomic E-state index is 11.6. The van der Waals surface area contributed by atoms with Crippen LogP contribution in [-0.2, 0) is 0 Å². The van der Waals surface area contributed by atoms with Crippen molar-refractivity contribution in [2.24, 2.45) is 0 Å². The van der Waals surface area contributed by atoms with Crippen LogP contribution in [0, 0.1) is 0 Å². The van der Waals surface area contributed by atoms with Gasteiger partial charge in [0.25, 0.3) is 0 Å². The molecule has 2 aromatic rings. The van der Waals surface area contributed by atoms with Gasteiger partial charge in [0.05, 0.1) is 5.56 Å². The number of hydrogen-bond donors (Lipinski definition) is 0. The van der Waals surface area contributed by atoms with Gasteiger partial charge in [0, 0.05) is 9.37 Å². The zero-order valence-corrected chi connectivity index (χ0v) is 13.0. The molecule has 0 aromatic heterocycles. The van der Waals surface area contributed by atoms with Crippen LogP contribution in [-0.4, -0.2) is 12.0 Å². The normalized spacial score (nSPS) is 10.3. The standard InChI is InChI=1S/C15H13BrO2S/c1-10(17)12-8-7-11(16)9-14(12)18-13-5-3-4-6-15(13)19-2/h3-9H,1-2H3. The highest BCUT2D eigenvalue weighted by atomic mass is 79.9. The summed E-state index contributed by atoms with van der Waals surface area (Å²) in [5, 5.41) is 0. The summed E-state index contributed by atoms with van der Waals surface area (Å²) >= 11 is 5.01. The second kappa shape index (κ2) is 6.26. The van der Waals surface area contributed by atoms with E-state index in [1.807, 2.05) is 42.7 Å². The smallest absolute Gasteiger partial charge is 0.163 e. The first-order valence-electron chi connectivity index (χ1n) is 5.73. The third-order valence-corrected chi connectivity index (χ3v) is 3.88. The average molecular weight is 337 g/mol. The zero-order valence-electron chi connectivity index (χ0n) is 10.6. The number of carbonyl (C=O) groups excluding carboxylic acids is 1. The first-order chi connectivity index (χ1) is 9.11. The molecule has 0 amide bonds. The third kappa shape index (κ3) is 3.39. The number of benzene rings is 2. The number of rotatable bonds is 4. The molecule has 2 nitrogen and oxygen atoms in total. The molecule has 0 saturated heterocycles. The fraction of sp³-hybridized carbons (Fsp3) is 0.133. The van der Waals surface area contributed by atoms with Gasteiger partial charge in [0.2, 0.25) is 0 Å². The van der Waals surface area contributed by atoms with Crippen molar-refractivity contribution < 1.29 is 9.53 Å². The highest BCUT2D eigenvalue weighted by Crippen LogP contribution is 2.34. The van der Waals surface area contributed by atoms with Crippen molar-refractivity contribution in [2.45, 2.75) is 11.8 Å². The Kier molecular flexibility index (Phi) is 4.66. The molecule has 0 radical (unpaired) electrons. The van der Waals surface area contributed by atoms with Gasteiger partial charge in [-0.05, 0) is 43.5 Å². The number of ether oxygens (including phenoxy) is 1. The Labute approximate surface area is 125 Å². The van der Waals surface area contributed by atoms with E-state index in [2.05, 4.69) is 15.9 Å². The summed E-state index contributed by atoms with van der Waals surface area (Å²) < 4.78 is 6.79. The predicted octanol–water partition coefficient (Wildman–Crippen LogP) is 5.17. The van der Waals surface area contributed by atoms with E-state index in [9.17, 15) is 4.79 Å². The molecule has 0 aliphatic heterocycles. The summed E-state index contributed by atoms with van der Waals surface area (Å²) in [6.07, 6.45) is 2.00.